The number of carbonyl (C=O) groups excluding carboxylic acids is 2. The molecule has 0 aromatic heterocycles. The highest BCUT2D eigenvalue weighted by atomic mass is 79.9. The van der Waals surface area contributed by atoms with Crippen LogP contribution in [0.2, 0.25) is 10.0 Å². The van der Waals surface area contributed by atoms with Crippen molar-refractivity contribution in [1.82, 2.24) is 0 Å². The third-order valence-electron chi connectivity index (χ3n) is 2.91. The molecule has 0 bridgehead atoms. The van der Waals surface area contributed by atoms with Gasteiger partial charge in [0, 0.05) is 22.5 Å². The first-order valence-electron chi connectivity index (χ1n) is 5.46. The van der Waals surface area contributed by atoms with E-state index >= 15 is 0 Å². The number of carbonyl (C=O) groups is 2. The molecule has 1 fully saturated rings. The number of methoxy groups -OCH3 is 1. The summed E-state index contributed by atoms with van der Waals surface area (Å²) in [5.41, 5.74) is 0.530. The van der Waals surface area contributed by atoms with Crippen LogP contribution in [0.1, 0.15) is 6.42 Å². The first kappa shape index (κ1) is 14.6. The van der Waals surface area contributed by atoms with Crippen LogP contribution in [0.4, 0.5) is 5.69 Å². The Balaban J connectivity index is 2.33. The molecular formula is C12H10BrCl2NO3. The summed E-state index contributed by atoms with van der Waals surface area (Å²) >= 11 is 15.3. The van der Waals surface area contributed by atoms with Crippen LogP contribution in [0.25, 0.3) is 0 Å². The highest BCUT2D eigenvalue weighted by Gasteiger charge is 2.37. The summed E-state index contributed by atoms with van der Waals surface area (Å²) in [4.78, 5) is 25.0. The lowest BCUT2D eigenvalue weighted by molar-refractivity contribution is -0.145. The molecule has 1 unspecified atom stereocenters. The van der Waals surface area contributed by atoms with Crippen LogP contribution in [0.3, 0.4) is 0 Å². The van der Waals surface area contributed by atoms with Crippen molar-refractivity contribution < 1.29 is 14.3 Å². The Bertz CT molecular complexity index is 527. The monoisotopic (exact) mass is 365 g/mol. The van der Waals surface area contributed by atoms with Crippen molar-refractivity contribution in [3.63, 3.8) is 0 Å². The number of hydrogen-bond acceptors (Lipinski definition) is 3. The largest absolute Gasteiger partial charge is 0.469 e. The van der Waals surface area contributed by atoms with E-state index in [1.165, 1.54) is 12.0 Å². The van der Waals surface area contributed by atoms with Gasteiger partial charge in [-0.2, -0.15) is 0 Å². The molecule has 4 nitrogen and oxygen atoms in total. The number of anilines is 1. The average molecular weight is 367 g/mol. The summed E-state index contributed by atoms with van der Waals surface area (Å²) in [6.45, 7) is 0.255. The molecule has 2 rings (SSSR count). The number of benzene rings is 1. The second-order valence-electron chi connectivity index (χ2n) is 4.15. The van der Waals surface area contributed by atoms with Crippen LogP contribution in [0, 0.1) is 5.92 Å². The Morgan fingerprint density at radius 2 is 2.16 bits per heavy atom. The summed E-state index contributed by atoms with van der Waals surface area (Å²) < 4.78 is 5.28. The molecule has 1 aromatic rings. The second kappa shape index (κ2) is 5.69. The standard InChI is InChI=1S/C12H10BrCl2NO3/c1-19-12(18)6-2-10(17)16(5-6)11-8(13)3-7(14)4-9(11)15/h3-4,6H,2,5H2,1H3. The van der Waals surface area contributed by atoms with Gasteiger partial charge in [-0.3, -0.25) is 9.59 Å². The second-order valence-corrected chi connectivity index (χ2v) is 5.84. The van der Waals surface area contributed by atoms with Crippen LogP contribution >= 0.6 is 39.1 Å². The zero-order valence-corrected chi connectivity index (χ0v) is 13.0. The predicted octanol–water partition coefficient (Wildman–Crippen LogP) is 3.28. The van der Waals surface area contributed by atoms with Crippen molar-refractivity contribution in [2.24, 2.45) is 5.92 Å². The third-order valence-corrected chi connectivity index (χ3v) is 4.02. The minimum atomic E-state index is -0.462. The maximum absolute atomic E-state index is 12.0. The number of rotatable bonds is 2. The highest BCUT2D eigenvalue weighted by Crippen LogP contribution is 2.39. The normalized spacial score (nSPS) is 18.8. The number of hydrogen-bond donors (Lipinski definition) is 0. The summed E-state index contributed by atoms with van der Waals surface area (Å²) in [7, 11) is 1.31. The smallest absolute Gasteiger partial charge is 0.311 e. The molecule has 1 heterocycles. The van der Waals surface area contributed by atoms with Crippen LogP contribution in [-0.4, -0.2) is 25.5 Å². The van der Waals surface area contributed by atoms with E-state index in [2.05, 4.69) is 20.7 Å². The quantitative estimate of drug-likeness (QED) is 0.754. The van der Waals surface area contributed by atoms with Gasteiger partial charge in [-0.1, -0.05) is 23.2 Å². The molecule has 0 spiro atoms. The van der Waals surface area contributed by atoms with E-state index in [1.807, 2.05) is 0 Å². The van der Waals surface area contributed by atoms with E-state index < -0.39 is 11.9 Å². The SMILES string of the molecule is COC(=O)C1CC(=O)N(c2c(Cl)cc(Cl)cc2Br)C1. The van der Waals surface area contributed by atoms with Gasteiger partial charge in [-0.25, -0.2) is 0 Å². The molecule has 0 radical (unpaired) electrons. The van der Waals surface area contributed by atoms with Crippen LogP contribution in [-0.2, 0) is 14.3 Å². The van der Waals surface area contributed by atoms with Crippen molar-refractivity contribution in [2.45, 2.75) is 6.42 Å². The minimum Gasteiger partial charge on any atom is -0.469 e. The van der Waals surface area contributed by atoms with E-state index in [-0.39, 0.29) is 18.9 Å². The summed E-state index contributed by atoms with van der Waals surface area (Å²) in [6.07, 6.45) is 0.123. The van der Waals surface area contributed by atoms with E-state index in [0.717, 1.165) is 0 Å². The number of nitrogens with zero attached hydrogens (tertiary/aromatic N) is 1. The minimum absolute atomic E-state index is 0.123. The molecule has 0 N–H and O–H groups in total. The molecule has 1 amide bonds. The van der Waals surface area contributed by atoms with E-state index in [1.54, 1.807) is 12.1 Å². The summed E-state index contributed by atoms with van der Waals surface area (Å²) in [5.74, 6) is -1.02. The van der Waals surface area contributed by atoms with Gasteiger partial charge in [0.15, 0.2) is 0 Å². The zero-order valence-electron chi connectivity index (χ0n) is 9.95. The fourth-order valence-electron chi connectivity index (χ4n) is 2.04. The van der Waals surface area contributed by atoms with Crippen LogP contribution < -0.4 is 4.90 Å². The van der Waals surface area contributed by atoms with E-state index in [0.29, 0.717) is 20.2 Å². The first-order valence-corrected chi connectivity index (χ1v) is 7.01. The van der Waals surface area contributed by atoms with Gasteiger partial charge in [0.05, 0.1) is 23.7 Å². The van der Waals surface area contributed by atoms with Crippen molar-refractivity contribution in [3.05, 3.63) is 26.7 Å². The predicted molar refractivity (Wildman–Crippen MR) is 76.6 cm³/mol. The summed E-state index contributed by atoms with van der Waals surface area (Å²) in [5, 5.41) is 0.829. The van der Waals surface area contributed by atoms with Gasteiger partial charge in [0.1, 0.15) is 0 Å². The molecule has 0 saturated carbocycles. The van der Waals surface area contributed by atoms with Crippen LogP contribution in [0.15, 0.2) is 16.6 Å². The molecular weight excluding hydrogens is 357 g/mol. The van der Waals surface area contributed by atoms with Gasteiger partial charge in [-0.05, 0) is 28.1 Å². The maximum atomic E-state index is 12.0. The number of ether oxygens (including phenoxy) is 1. The topological polar surface area (TPSA) is 46.6 Å². The lowest BCUT2D eigenvalue weighted by atomic mass is 10.1. The molecule has 102 valence electrons. The number of amides is 1. The molecule has 0 aliphatic carbocycles. The van der Waals surface area contributed by atoms with Crippen molar-refractivity contribution in [1.29, 1.82) is 0 Å². The Hall–Kier alpha value is -0.780. The Morgan fingerprint density at radius 3 is 2.74 bits per heavy atom. The Kier molecular flexibility index (Phi) is 4.38. The van der Waals surface area contributed by atoms with Gasteiger partial charge in [0.25, 0.3) is 0 Å². The number of halogens is 3. The molecule has 19 heavy (non-hydrogen) atoms. The Labute approximate surface area is 128 Å². The molecule has 1 aliphatic rings. The van der Waals surface area contributed by atoms with Crippen molar-refractivity contribution in [2.75, 3.05) is 18.6 Å². The lowest BCUT2D eigenvalue weighted by Crippen LogP contribution is -2.26. The van der Waals surface area contributed by atoms with Gasteiger partial charge in [0.2, 0.25) is 5.91 Å². The molecule has 1 aliphatic heterocycles. The van der Waals surface area contributed by atoms with Gasteiger partial charge < -0.3 is 9.64 Å². The van der Waals surface area contributed by atoms with Gasteiger partial charge in [-0.15, -0.1) is 0 Å². The number of esters is 1. The molecule has 7 heteroatoms. The molecule has 1 atom stereocenters. The molecule has 1 saturated heterocycles. The zero-order chi connectivity index (χ0) is 14.2. The lowest BCUT2D eigenvalue weighted by Gasteiger charge is -2.19. The van der Waals surface area contributed by atoms with Crippen molar-refractivity contribution >= 4 is 56.7 Å². The van der Waals surface area contributed by atoms with E-state index in [4.69, 9.17) is 23.2 Å². The average Bonchev–Trinajstić information content (AvgIpc) is 2.69. The van der Waals surface area contributed by atoms with Gasteiger partial charge >= 0.3 is 5.97 Å². The van der Waals surface area contributed by atoms with Crippen molar-refractivity contribution in [3.8, 4) is 0 Å². The molecule has 1 aromatic carbocycles. The van der Waals surface area contributed by atoms with Crippen LogP contribution in [0.5, 0.6) is 0 Å². The third kappa shape index (κ3) is 2.88. The fourth-order valence-corrected chi connectivity index (χ4v) is 3.56. The van der Waals surface area contributed by atoms with E-state index in [9.17, 15) is 9.59 Å². The highest BCUT2D eigenvalue weighted by molar-refractivity contribution is 9.10. The fraction of sp³-hybridized carbons (Fsp3) is 0.333. The summed E-state index contributed by atoms with van der Waals surface area (Å²) in [6, 6.07) is 3.21. The Morgan fingerprint density at radius 1 is 1.47 bits per heavy atom. The maximum Gasteiger partial charge on any atom is 0.311 e. The first-order chi connectivity index (χ1) is 8.93.